The number of aromatic nitrogens is 1. The lowest BCUT2D eigenvalue weighted by molar-refractivity contribution is 0.389. The van der Waals surface area contributed by atoms with Crippen molar-refractivity contribution in [3.8, 4) is 0 Å². The second-order valence-electron chi connectivity index (χ2n) is 5.15. The zero-order valence-electron chi connectivity index (χ0n) is 10.9. The monoisotopic (exact) mass is 232 g/mol. The topological polar surface area (TPSA) is 24.9 Å². The zero-order valence-corrected chi connectivity index (χ0v) is 10.9. The Bertz CT molecular complexity index is 304. The van der Waals surface area contributed by atoms with Crippen LogP contribution in [-0.4, -0.2) is 11.5 Å². The maximum atomic E-state index is 4.51. The normalized spacial score (nSPS) is 18.4. The van der Waals surface area contributed by atoms with Crippen molar-refractivity contribution in [1.82, 2.24) is 10.3 Å². The van der Waals surface area contributed by atoms with E-state index in [4.69, 9.17) is 0 Å². The van der Waals surface area contributed by atoms with Crippen LogP contribution in [0.2, 0.25) is 0 Å². The second-order valence-corrected chi connectivity index (χ2v) is 5.15. The lowest BCUT2D eigenvalue weighted by atomic mass is 9.96. The van der Waals surface area contributed by atoms with E-state index in [2.05, 4.69) is 29.4 Å². The van der Waals surface area contributed by atoms with Gasteiger partial charge in [0.25, 0.3) is 0 Å². The number of nitrogens with zero attached hydrogens (tertiary/aromatic N) is 1. The van der Waals surface area contributed by atoms with E-state index in [1.807, 2.05) is 12.3 Å². The van der Waals surface area contributed by atoms with Gasteiger partial charge in [-0.25, -0.2) is 0 Å². The molecule has 1 fully saturated rings. The molecule has 1 unspecified atom stereocenters. The van der Waals surface area contributed by atoms with Crippen LogP contribution in [0.3, 0.4) is 0 Å². The Morgan fingerprint density at radius 2 is 2.18 bits per heavy atom. The average molecular weight is 232 g/mol. The third-order valence-electron chi connectivity index (χ3n) is 3.73. The first kappa shape index (κ1) is 12.6. The maximum absolute atomic E-state index is 4.51. The zero-order chi connectivity index (χ0) is 11.9. The summed E-state index contributed by atoms with van der Waals surface area (Å²) < 4.78 is 0. The van der Waals surface area contributed by atoms with Gasteiger partial charge in [0, 0.05) is 12.2 Å². The number of nitrogens with one attached hydrogen (secondary N) is 1. The lowest BCUT2D eigenvalue weighted by Gasteiger charge is -2.21. The fourth-order valence-corrected chi connectivity index (χ4v) is 2.79. The standard InChI is InChI=1S/C15H24N2/c1-2-10-16-15(12-13-7-3-4-8-13)14-9-5-6-11-17-14/h5-6,9,11,13,15-16H,2-4,7-8,10,12H2,1H3. The highest BCUT2D eigenvalue weighted by Gasteiger charge is 2.21. The van der Waals surface area contributed by atoms with Crippen LogP contribution in [0.15, 0.2) is 24.4 Å². The van der Waals surface area contributed by atoms with Gasteiger partial charge in [0.15, 0.2) is 0 Å². The van der Waals surface area contributed by atoms with Crippen molar-refractivity contribution < 1.29 is 0 Å². The molecule has 1 aromatic rings. The number of hydrogen-bond donors (Lipinski definition) is 1. The van der Waals surface area contributed by atoms with Crippen LogP contribution in [0.5, 0.6) is 0 Å². The first-order valence-corrected chi connectivity index (χ1v) is 7.04. The third kappa shape index (κ3) is 3.81. The van der Waals surface area contributed by atoms with Crippen molar-refractivity contribution in [2.24, 2.45) is 5.92 Å². The predicted octanol–water partition coefficient (Wildman–Crippen LogP) is 3.70. The molecule has 0 radical (unpaired) electrons. The highest BCUT2D eigenvalue weighted by Crippen LogP contribution is 2.32. The van der Waals surface area contributed by atoms with Crippen molar-refractivity contribution in [1.29, 1.82) is 0 Å². The molecular weight excluding hydrogens is 208 g/mol. The van der Waals surface area contributed by atoms with Crippen molar-refractivity contribution >= 4 is 0 Å². The van der Waals surface area contributed by atoms with Crippen molar-refractivity contribution in [3.05, 3.63) is 30.1 Å². The van der Waals surface area contributed by atoms with Crippen molar-refractivity contribution in [2.45, 2.75) is 51.5 Å². The summed E-state index contributed by atoms with van der Waals surface area (Å²) >= 11 is 0. The van der Waals surface area contributed by atoms with E-state index in [1.54, 1.807) is 0 Å². The van der Waals surface area contributed by atoms with E-state index in [0.717, 1.165) is 12.5 Å². The van der Waals surface area contributed by atoms with Crippen LogP contribution in [0.4, 0.5) is 0 Å². The van der Waals surface area contributed by atoms with E-state index in [1.165, 1.54) is 44.2 Å². The van der Waals surface area contributed by atoms with Gasteiger partial charge in [-0.1, -0.05) is 38.7 Å². The molecule has 2 nitrogen and oxygen atoms in total. The van der Waals surface area contributed by atoms with E-state index in [0.29, 0.717) is 6.04 Å². The Kier molecular flexibility index (Phi) is 4.99. The summed E-state index contributed by atoms with van der Waals surface area (Å²) in [6.07, 6.45) is 10.0. The van der Waals surface area contributed by atoms with Crippen LogP contribution in [0.1, 0.15) is 57.2 Å². The third-order valence-corrected chi connectivity index (χ3v) is 3.73. The summed E-state index contributed by atoms with van der Waals surface area (Å²) in [7, 11) is 0. The van der Waals surface area contributed by atoms with Crippen LogP contribution in [-0.2, 0) is 0 Å². The van der Waals surface area contributed by atoms with Gasteiger partial charge in [-0.2, -0.15) is 0 Å². The van der Waals surface area contributed by atoms with Gasteiger partial charge < -0.3 is 5.32 Å². The van der Waals surface area contributed by atoms with Gasteiger partial charge in [0.05, 0.1) is 5.69 Å². The summed E-state index contributed by atoms with van der Waals surface area (Å²) in [5.74, 6) is 0.909. The Labute approximate surface area is 105 Å². The molecule has 94 valence electrons. The summed E-state index contributed by atoms with van der Waals surface area (Å²) in [6.45, 7) is 3.31. The van der Waals surface area contributed by atoms with Crippen LogP contribution < -0.4 is 5.32 Å². The molecule has 2 rings (SSSR count). The molecule has 0 saturated heterocycles. The molecule has 0 aliphatic heterocycles. The quantitative estimate of drug-likeness (QED) is 0.809. The summed E-state index contributed by atoms with van der Waals surface area (Å²) in [5, 5.41) is 3.65. The van der Waals surface area contributed by atoms with E-state index in [-0.39, 0.29) is 0 Å². The Hall–Kier alpha value is -0.890. The van der Waals surface area contributed by atoms with Gasteiger partial charge >= 0.3 is 0 Å². The molecule has 0 bridgehead atoms. The SMILES string of the molecule is CCCNC(CC1CCCC1)c1ccccn1. The molecule has 1 aliphatic carbocycles. The van der Waals surface area contributed by atoms with E-state index in [9.17, 15) is 0 Å². The molecular formula is C15H24N2. The molecule has 1 aromatic heterocycles. The van der Waals surface area contributed by atoms with Crippen molar-refractivity contribution in [2.75, 3.05) is 6.54 Å². The minimum atomic E-state index is 0.458. The first-order chi connectivity index (χ1) is 8.40. The minimum Gasteiger partial charge on any atom is -0.309 e. The molecule has 0 aromatic carbocycles. The molecule has 1 aliphatic rings. The fraction of sp³-hybridized carbons (Fsp3) is 0.667. The van der Waals surface area contributed by atoms with Gasteiger partial charge in [0.1, 0.15) is 0 Å². The van der Waals surface area contributed by atoms with E-state index >= 15 is 0 Å². The van der Waals surface area contributed by atoms with Gasteiger partial charge in [-0.3, -0.25) is 4.98 Å². The maximum Gasteiger partial charge on any atom is 0.0573 e. The molecule has 1 heterocycles. The van der Waals surface area contributed by atoms with Crippen LogP contribution in [0, 0.1) is 5.92 Å². The van der Waals surface area contributed by atoms with Gasteiger partial charge in [0.2, 0.25) is 0 Å². The first-order valence-electron chi connectivity index (χ1n) is 7.04. The molecule has 17 heavy (non-hydrogen) atoms. The van der Waals surface area contributed by atoms with Gasteiger partial charge in [-0.05, 0) is 37.4 Å². The molecule has 1 N–H and O–H groups in total. The molecule has 0 spiro atoms. The summed E-state index contributed by atoms with van der Waals surface area (Å²) in [5.41, 5.74) is 1.22. The molecule has 1 atom stereocenters. The lowest BCUT2D eigenvalue weighted by Crippen LogP contribution is -2.24. The number of hydrogen-bond acceptors (Lipinski definition) is 2. The Balaban J connectivity index is 1.97. The molecule has 1 saturated carbocycles. The van der Waals surface area contributed by atoms with Crippen molar-refractivity contribution in [3.63, 3.8) is 0 Å². The van der Waals surface area contributed by atoms with E-state index < -0.39 is 0 Å². The Morgan fingerprint density at radius 1 is 1.35 bits per heavy atom. The average Bonchev–Trinajstić information content (AvgIpc) is 2.88. The predicted molar refractivity (Wildman–Crippen MR) is 71.8 cm³/mol. The summed E-state index contributed by atoms with van der Waals surface area (Å²) in [4.78, 5) is 4.51. The number of rotatable bonds is 6. The Morgan fingerprint density at radius 3 is 2.82 bits per heavy atom. The van der Waals surface area contributed by atoms with Gasteiger partial charge in [-0.15, -0.1) is 0 Å². The summed E-state index contributed by atoms with van der Waals surface area (Å²) in [6, 6.07) is 6.70. The molecule has 2 heteroatoms. The number of pyridine rings is 1. The van der Waals surface area contributed by atoms with Crippen LogP contribution >= 0.6 is 0 Å². The molecule has 0 amide bonds. The minimum absolute atomic E-state index is 0.458. The highest BCUT2D eigenvalue weighted by atomic mass is 14.9. The second kappa shape index (κ2) is 6.75. The van der Waals surface area contributed by atoms with Crippen LogP contribution in [0.25, 0.3) is 0 Å². The smallest absolute Gasteiger partial charge is 0.0573 e. The highest BCUT2D eigenvalue weighted by molar-refractivity contribution is 5.09. The largest absolute Gasteiger partial charge is 0.309 e. The fourth-order valence-electron chi connectivity index (χ4n) is 2.79.